The van der Waals surface area contributed by atoms with Gasteiger partial charge in [-0.15, -0.1) is 0 Å². The number of allylic oxidation sites excluding steroid dienone is 1. The molecular formula is C56H50O2. The van der Waals surface area contributed by atoms with Crippen molar-refractivity contribution in [1.29, 1.82) is 0 Å². The molecule has 5 aliphatic rings. The molecule has 0 aromatic heterocycles. The third-order valence-corrected chi connectivity index (χ3v) is 15.2. The predicted molar refractivity (Wildman–Crippen MR) is 238 cm³/mol. The van der Waals surface area contributed by atoms with Gasteiger partial charge < -0.3 is 9.47 Å². The number of benzene rings is 6. The van der Waals surface area contributed by atoms with E-state index in [1.807, 2.05) is 0 Å². The Morgan fingerprint density at radius 1 is 0.569 bits per heavy atom. The summed E-state index contributed by atoms with van der Waals surface area (Å²) in [6.07, 6.45) is 10.3. The second-order valence-electron chi connectivity index (χ2n) is 18.2. The number of ether oxygens (including phenoxy) is 2. The third kappa shape index (κ3) is 4.37. The zero-order valence-corrected chi connectivity index (χ0v) is 34.6. The summed E-state index contributed by atoms with van der Waals surface area (Å²) in [6.45, 7) is 16.2. The van der Waals surface area contributed by atoms with Crippen molar-refractivity contribution in [3.8, 4) is 28.0 Å². The van der Waals surface area contributed by atoms with Crippen LogP contribution in [0.15, 0.2) is 158 Å². The van der Waals surface area contributed by atoms with E-state index in [0.29, 0.717) is 5.92 Å². The maximum Gasteiger partial charge on any atom is 0.179 e. The summed E-state index contributed by atoms with van der Waals surface area (Å²) in [7, 11) is 0. The highest BCUT2D eigenvalue weighted by molar-refractivity contribution is 5.92. The van der Waals surface area contributed by atoms with E-state index in [2.05, 4.69) is 206 Å². The van der Waals surface area contributed by atoms with Crippen molar-refractivity contribution in [3.63, 3.8) is 0 Å². The third-order valence-electron chi connectivity index (χ3n) is 15.2. The molecule has 6 aromatic carbocycles. The lowest BCUT2D eigenvalue weighted by Crippen LogP contribution is -2.54. The first-order chi connectivity index (χ1) is 28.0. The van der Waals surface area contributed by atoms with Gasteiger partial charge >= 0.3 is 0 Å². The van der Waals surface area contributed by atoms with Crippen LogP contribution in [0, 0.1) is 5.41 Å². The minimum absolute atomic E-state index is 0.0831. The molecule has 2 heteroatoms. The van der Waals surface area contributed by atoms with Crippen LogP contribution in [0.3, 0.4) is 0 Å². The molecule has 2 nitrogen and oxygen atoms in total. The van der Waals surface area contributed by atoms with Gasteiger partial charge in [-0.25, -0.2) is 0 Å². The Labute approximate surface area is 343 Å². The van der Waals surface area contributed by atoms with E-state index in [-0.39, 0.29) is 5.41 Å². The fraction of sp³-hybridized carbons (Fsp3) is 0.250. The summed E-state index contributed by atoms with van der Waals surface area (Å²) in [5.41, 5.74) is 16.2. The van der Waals surface area contributed by atoms with Crippen LogP contribution in [0.1, 0.15) is 111 Å². The largest absolute Gasteiger partial charge is 0.473 e. The topological polar surface area (TPSA) is 18.5 Å². The minimum atomic E-state index is -0.765. The smallest absolute Gasteiger partial charge is 0.179 e. The van der Waals surface area contributed by atoms with Gasteiger partial charge in [-0.3, -0.25) is 0 Å². The van der Waals surface area contributed by atoms with Gasteiger partial charge in [0.1, 0.15) is 11.4 Å². The molecule has 0 amide bonds. The van der Waals surface area contributed by atoms with Crippen molar-refractivity contribution < 1.29 is 9.47 Å². The van der Waals surface area contributed by atoms with Crippen molar-refractivity contribution in [1.82, 2.24) is 0 Å². The zero-order valence-electron chi connectivity index (χ0n) is 34.6. The van der Waals surface area contributed by atoms with Crippen molar-refractivity contribution in [2.45, 2.75) is 83.0 Å². The standard InChI is InChI=1S/C56H50O2/c1-8-29-53(6)50(34-56(58-54(53,7)9-2)47-27-16-12-23-40(47)41-24-13-17-28-48(41)56)37-20-18-19-36(30-37)44-33-55(45-25-14-10-21-38(45)39-22-11-15-26-46(39)55)57-51-32-49-42(31-43(44)51)35(3)52(49,4)5/h8,10-35H,9H2,1-7H3/b29-8-. The first-order valence-corrected chi connectivity index (χ1v) is 21.2. The average molecular weight is 755 g/mol. The Bertz CT molecular complexity index is 2740. The maximum atomic E-state index is 7.67. The molecule has 58 heavy (non-hydrogen) atoms. The molecule has 0 saturated carbocycles. The SMILES string of the molecule is C/C=C\C1(C)C(c2cccc(C3=CC4(Oc5cc6c(cc53)C(C)C6(C)C)c3ccccc3-c3ccccc34)c2)=CC2(OC1(C)CC)c1ccccc1-c1ccccc12. The van der Waals surface area contributed by atoms with Crippen molar-refractivity contribution in [2.75, 3.05) is 0 Å². The van der Waals surface area contributed by atoms with Crippen LogP contribution >= 0.6 is 0 Å². The highest BCUT2D eigenvalue weighted by Gasteiger charge is 2.58. The van der Waals surface area contributed by atoms with Crippen LogP contribution in [0.4, 0.5) is 0 Å². The lowest BCUT2D eigenvalue weighted by Gasteiger charge is -2.54. The fourth-order valence-electron chi connectivity index (χ4n) is 11.5. The van der Waals surface area contributed by atoms with Crippen molar-refractivity contribution in [3.05, 3.63) is 208 Å². The van der Waals surface area contributed by atoms with E-state index >= 15 is 0 Å². The Kier molecular flexibility index (Phi) is 7.29. The lowest BCUT2D eigenvalue weighted by molar-refractivity contribution is -0.154. The molecule has 286 valence electrons. The quantitative estimate of drug-likeness (QED) is 0.167. The first-order valence-electron chi connectivity index (χ1n) is 21.2. The van der Waals surface area contributed by atoms with Crippen LogP contribution in [0.5, 0.6) is 5.75 Å². The molecule has 0 N–H and O–H groups in total. The van der Waals surface area contributed by atoms with Gasteiger partial charge in [0.25, 0.3) is 0 Å². The Hall–Kier alpha value is -5.70. The molecule has 0 bridgehead atoms. The number of rotatable bonds is 4. The molecule has 2 aliphatic heterocycles. The molecule has 3 aliphatic carbocycles. The maximum absolute atomic E-state index is 7.67. The Morgan fingerprint density at radius 3 is 1.66 bits per heavy atom. The molecule has 2 heterocycles. The van der Waals surface area contributed by atoms with Gasteiger partial charge in [-0.05, 0) is 125 Å². The molecule has 11 rings (SSSR count). The van der Waals surface area contributed by atoms with Crippen LogP contribution in [0.25, 0.3) is 33.4 Å². The molecular weight excluding hydrogens is 705 g/mol. The van der Waals surface area contributed by atoms with E-state index in [9.17, 15) is 0 Å². The number of fused-ring (bicyclic) bond motifs is 12. The molecule has 0 radical (unpaired) electrons. The van der Waals surface area contributed by atoms with E-state index in [4.69, 9.17) is 9.47 Å². The fourth-order valence-corrected chi connectivity index (χ4v) is 11.5. The highest BCUT2D eigenvalue weighted by atomic mass is 16.5. The summed E-state index contributed by atoms with van der Waals surface area (Å²) in [5, 5.41) is 0. The molecule has 6 aromatic rings. The van der Waals surface area contributed by atoms with Crippen LogP contribution < -0.4 is 4.74 Å². The number of hydrogen-bond acceptors (Lipinski definition) is 2. The molecule has 0 saturated heterocycles. The summed E-state index contributed by atoms with van der Waals surface area (Å²) in [6, 6.07) is 49.4. The average Bonchev–Trinajstić information content (AvgIpc) is 3.67. The van der Waals surface area contributed by atoms with Gasteiger partial charge in [0.05, 0.1) is 5.60 Å². The van der Waals surface area contributed by atoms with Gasteiger partial charge in [0.2, 0.25) is 0 Å². The van der Waals surface area contributed by atoms with Crippen LogP contribution in [-0.4, -0.2) is 5.60 Å². The molecule has 0 fully saturated rings. The van der Waals surface area contributed by atoms with Gasteiger partial charge in [-0.2, -0.15) is 0 Å². The van der Waals surface area contributed by atoms with E-state index in [1.54, 1.807) is 0 Å². The number of hydrogen-bond donors (Lipinski definition) is 0. The predicted octanol–water partition coefficient (Wildman–Crippen LogP) is 13.9. The summed E-state index contributed by atoms with van der Waals surface area (Å²) >= 11 is 0. The molecule has 3 atom stereocenters. The van der Waals surface area contributed by atoms with E-state index in [1.165, 1.54) is 77.9 Å². The van der Waals surface area contributed by atoms with Crippen LogP contribution in [0.2, 0.25) is 0 Å². The molecule has 2 spiro atoms. The van der Waals surface area contributed by atoms with E-state index in [0.717, 1.165) is 17.7 Å². The lowest BCUT2D eigenvalue weighted by atomic mass is 9.58. The Morgan fingerprint density at radius 2 is 1.10 bits per heavy atom. The normalized spacial score (nSPS) is 24.4. The minimum Gasteiger partial charge on any atom is -0.473 e. The summed E-state index contributed by atoms with van der Waals surface area (Å²) in [4.78, 5) is 0. The van der Waals surface area contributed by atoms with Gasteiger partial charge in [0, 0.05) is 33.2 Å². The van der Waals surface area contributed by atoms with Crippen LogP contribution in [-0.2, 0) is 21.4 Å². The van der Waals surface area contributed by atoms with Gasteiger partial charge in [-0.1, -0.05) is 155 Å². The Balaban J connectivity index is 1.17. The molecule has 3 unspecified atom stereocenters. The first kappa shape index (κ1) is 35.5. The van der Waals surface area contributed by atoms with E-state index < -0.39 is 22.2 Å². The van der Waals surface area contributed by atoms with Gasteiger partial charge in [0.15, 0.2) is 5.60 Å². The zero-order chi connectivity index (χ0) is 39.8. The second-order valence-corrected chi connectivity index (χ2v) is 18.2. The second kappa shape index (κ2) is 11.9. The van der Waals surface area contributed by atoms with Crippen molar-refractivity contribution >= 4 is 11.1 Å². The van der Waals surface area contributed by atoms with Crippen molar-refractivity contribution in [2.24, 2.45) is 5.41 Å². The summed E-state index contributed by atoms with van der Waals surface area (Å²) in [5.74, 6) is 1.41. The highest BCUT2D eigenvalue weighted by Crippen LogP contribution is 2.63. The monoisotopic (exact) mass is 754 g/mol. The summed E-state index contributed by atoms with van der Waals surface area (Å²) < 4.78 is 15.1.